The molecule has 0 saturated heterocycles. The second kappa shape index (κ2) is 14.0. The minimum atomic E-state index is -0.305. The van der Waals surface area contributed by atoms with Gasteiger partial charge in [-0.25, -0.2) is 0 Å². The molecule has 0 bridgehead atoms. The van der Waals surface area contributed by atoms with Gasteiger partial charge in [-0.1, -0.05) is 43.3 Å². The fraction of sp³-hybridized carbons (Fsp3) is 0.235. The van der Waals surface area contributed by atoms with Gasteiger partial charge in [-0.15, -0.1) is 0 Å². The normalized spacial score (nSPS) is 11.0. The summed E-state index contributed by atoms with van der Waals surface area (Å²) in [7, 11) is 3.33. The largest absolute Gasteiger partial charge is 0.497 e. The fourth-order valence-electron chi connectivity index (χ4n) is 4.23. The number of esters is 2. The first-order valence-corrected chi connectivity index (χ1v) is 13.0. The van der Waals surface area contributed by atoms with Crippen molar-refractivity contribution in [3.8, 4) is 34.1 Å². The van der Waals surface area contributed by atoms with Gasteiger partial charge in [-0.3, -0.25) is 9.59 Å². The first-order valence-electron chi connectivity index (χ1n) is 13.0. The van der Waals surface area contributed by atoms with Gasteiger partial charge in [0.2, 0.25) is 0 Å². The van der Waals surface area contributed by atoms with E-state index >= 15 is 0 Å². The SMILES string of the molecule is COc1ccc(-c2ccc(OC(C)=O)c(C)c2)cc1C.COc1ccc(C(C)c2ccc(OC(C)=O)cc2)cc1. The second-order valence-electron chi connectivity index (χ2n) is 9.42. The molecule has 6 nitrogen and oxygen atoms in total. The highest BCUT2D eigenvalue weighted by Gasteiger charge is 2.10. The zero-order valence-electron chi connectivity index (χ0n) is 24.1. The van der Waals surface area contributed by atoms with Crippen LogP contribution in [0, 0.1) is 13.8 Å². The minimum absolute atomic E-state index is 0.271. The summed E-state index contributed by atoms with van der Waals surface area (Å²) in [4.78, 5) is 21.9. The summed E-state index contributed by atoms with van der Waals surface area (Å²) in [6, 6.07) is 27.5. The Labute approximate surface area is 236 Å². The van der Waals surface area contributed by atoms with E-state index in [9.17, 15) is 9.59 Å². The Morgan fingerprint density at radius 3 is 1.43 bits per heavy atom. The molecule has 0 aliphatic heterocycles. The van der Waals surface area contributed by atoms with Gasteiger partial charge in [0, 0.05) is 19.8 Å². The molecule has 0 saturated carbocycles. The Morgan fingerprint density at radius 1 is 0.575 bits per heavy atom. The van der Waals surface area contributed by atoms with Crippen molar-refractivity contribution in [2.75, 3.05) is 14.2 Å². The van der Waals surface area contributed by atoms with Crippen LogP contribution < -0.4 is 18.9 Å². The predicted octanol–water partition coefficient (Wildman–Crippen LogP) is 7.68. The fourth-order valence-corrected chi connectivity index (χ4v) is 4.23. The number of rotatable bonds is 7. The Hall–Kier alpha value is -4.58. The number of methoxy groups -OCH3 is 2. The summed E-state index contributed by atoms with van der Waals surface area (Å²) in [5, 5.41) is 0. The van der Waals surface area contributed by atoms with E-state index in [2.05, 4.69) is 25.1 Å². The predicted molar refractivity (Wildman–Crippen MR) is 157 cm³/mol. The van der Waals surface area contributed by atoms with Crippen LogP contribution in [-0.4, -0.2) is 26.2 Å². The zero-order valence-corrected chi connectivity index (χ0v) is 24.1. The molecule has 6 heteroatoms. The number of aryl methyl sites for hydroxylation is 2. The van der Waals surface area contributed by atoms with Crippen LogP contribution >= 0.6 is 0 Å². The van der Waals surface area contributed by atoms with Crippen LogP contribution in [0.25, 0.3) is 11.1 Å². The number of carbonyl (C=O) groups excluding carboxylic acids is 2. The van der Waals surface area contributed by atoms with Crippen LogP contribution in [-0.2, 0) is 9.59 Å². The summed E-state index contributed by atoms with van der Waals surface area (Å²) in [6.07, 6.45) is 0. The van der Waals surface area contributed by atoms with Crippen LogP contribution in [0.2, 0.25) is 0 Å². The van der Waals surface area contributed by atoms with E-state index < -0.39 is 0 Å². The molecule has 0 spiro atoms. The molecule has 208 valence electrons. The maximum absolute atomic E-state index is 11.0. The third-order valence-corrected chi connectivity index (χ3v) is 6.41. The Morgan fingerprint density at radius 2 is 1.02 bits per heavy atom. The average molecular weight is 541 g/mol. The van der Waals surface area contributed by atoms with Gasteiger partial charge in [0.15, 0.2) is 0 Å². The summed E-state index contributed by atoms with van der Waals surface area (Å²) < 4.78 is 20.6. The maximum atomic E-state index is 11.0. The van der Waals surface area contributed by atoms with Crippen molar-refractivity contribution in [2.24, 2.45) is 0 Å². The van der Waals surface area contributed by atoms with Crippen molar-refractivity contribution in [2.45, 2.75) is 40.5 Å². The molecule has 0 fully saturated rings. The number of hydrogen-bond acceptors (Lipinski definition) is 6. The van der Waals surface area contributed by atoms with Gasteiger partial charge >= 0.3 is 11.9 Å². The number of carbonyl (C=O) groups is 2. The van der Waals surface area contributed by atoms with Gasteiger partial charge in [0.05, 0.1) is 14.2 Å². The smallest absolute Gasteiger partial charge is 0.308 e. The van der Waals surface area contributed by atoms with Crippen molar-refractivity contribution in [3.63, 3.8) is 0 Å². The second-order valence-corrected chi connectivity index (χ2v) is 9.42. The lowest BCUT2D eigenvalue weighted by atomic mass is 9.93. The van der Waals surface area contributed by atoms with Gasteiger partial charge in [0.1, 0.15) is 23.0 Å². The molecular formula is C34H36O6. The van der Waals surface area contributed by atoms with E-state index in [0.717, 1.165) is 33.8 Å². The van der Waals surface area contributed by atoms with Crippen molar-refractivity contribution >= 4 is 11.9 Å². The van der Waals surface area contributed by atoms with Crippen LogP contribution in [0.5, 0.6) is 23.0 Å². The monoisotopic (exact) mass is 540 g/mol. The molecule has 0 N–H and O–H groups in total. The van der Waals surface area contributed by atoms with E-state index in [-0.39, 0.29) is 17.9 Å². The lowest BCUT2D eigenvalue weighted by molar-refractivity contribution is -0.132. The highest BCUT2D eigenvalue weighted by Crippen LogP contribution is 2.30. The number of hydrogen-bond donors (Lipinski definition) is 0. The zero-order chi connectivity index (χ0) is 29.2. The van der Waals surface area contributed by atoms with Gasteiger partial charge in [-0.05, 0) is 95.8 Å². The van der Waals surface area contributed by atoms with Gasteiger partial charge in [-0.2, -0.15) is 0 Å². The Balaban J connectivity index is 0.000000220. The third kappa shape index (κ3) is 8.21. The van der Waals surface area contributed by atoms with E-state index in [1.54, 1.807) is 14.2 Å². The highest BCUT2D eigenvalue weighted by atomic mass is 16.5. The Kier molecular flexibility index (Phi) is 10.5. The molecule has 1 atom stereocenters. The van der Waals surface area contributed by atoms with Crippen LogP contribution in [0.3, 0.4) is 0 Å². The Bertz CT molecular complexity index is 1440. The highest BCUT2D eigenvalue weighted by molar-refractivity contribution is 5.72. The van der Waals surface area contributed by atoms with Gasteiger partial charge < -0.3 is 18.9 Å². The van der Waals surface area contributed by atoms with E-state index in [1.807, 2.05) is 80.6 Å². The first-order chi connectivity index (χ1) is 19.1. The topological polar surface area (TPSA) is 71.1 Å². The van der Waals surface area contributed by atoms with E-state index in [0.29, 0.717) is 11.5 Å². The van der Waals surface area contributed by atoms with E-state index in [1.165, 1.54) is 25.0 Å². The molecule has 1 unspecified atom stereocenters. The molecule has 40 heavy (non-hydrogen) atoms. The molecular weight excluding hydrogens is 504 g/mol. The van der Waals surface area contributed by atoms with Crippen molar-refractivity contribution in [1.29, 1.82) is 0 Å². The van der Waals surface area contributed by atoms with Crippen LogP contribution in [0.15, 0.2) is 84.9 Å². The molecule has 0 radical (unpaired) electrons. The standard InChI is InChI=1S/2C17H18O3/c1-12(14-4-8-16(19-3)9-5-14)15-6-10-17(11-7-15)20-13(2)18;1-11-9-14(5-7-16(11)19-4)15-6-8-17(12(2)10-15)20-13(3)18/h4-12H,1-3H3;5-10H,1-4H3. The maximum Gasteiger partial charge on any atom is 0.308 e. The molecule has 4 rings (SSSR count). The van der Waals surface area contributed by atoms with Crippen molar-refractivity contribution in [3.05, 3.63) is 107 Å². The third-order valence-electron chi connectivity index (χ3n) is 6.41. The molecule has 4 aromatic carbocycles. The summed E-state index contributed by atoms with van der Waals surface area (Å²) in [6.45, 7) is 8.89. The van der Waals surface area contributed by atoms with Crippen molar-refractivity contribution < 1.29 is 28.5 Å². The van der Waals surface area contributed by atoms with Crippen LogP contribution in [0.1, 0.15) is 48.9 Å². The first kappa shape index (κ1) is 30.0. The minimum Gasteiger partial charge on any atom is -0.497 e. The van der Waals surface area contributed by atoms with Crippen LogP contribution in [0.4, 0.5) is 0 Å². The molecule has 0 heterocycles. The van der Waals surface area contributed by atoms with Crippen molar-refractivity contribution in [1.82, 2.24) is 0 Å². The average Bonchev–Trinajstić information content (AvgIpc) is 2.94. The number of ether oxygens (including phenoxy) is 4. The summed E-state index contributed by atoms with van der Waals surface area (Å²) in [5.74, 6) is 2.57. The molecule has 0 amide bonds. The van der Waals surface area contributed by atoms with Gasteiger partial charge in [0.25, 0.3) is 0 Å². The summed E-state index contributed by atoms with van der Waals surface area (Å²) in [5.41, 5.74) is 6.61. The molecule has 0 aromatic heterocycles. The lowest BCUT2D eigenvalue weighted by Crippen LogP contribution is -2.02. The lowest BCUT2D eigenvalue weighted by Gasteiger charge is -2.13. The summed E-state index contributed by atoms with van der Waals surface area (Å²) >= 11 is 0. The number of benzene rings is 4. The molecule has 0 aliphatic carbocycles. The molecule has 0 aliphatic rings. The van der Waals surface area contributed by atoms with E-state index in [4.69, 9.17) is 18.9 Å². The quantitative estimate of drug-likeness (QED) is 0.177. The molecule has 4 aromatic rings.